The second-order valence-corrected chi connectivity index (χ2v) is 8.69. The Hall–Kier alpha value is -3.79. The second-order valence-electron chi connectivity index (χ2n) is 8.69. The van der Waals surface area contributed by atoms with Crippen molar-refractivity contribution in [2.75, 3.05) is 32.7 Å². The number of carbonyl (C=O) groups excluding carboxylic acids is 2. The summed E-state index contributed by atoms with van der Waals surface area (Å²) < 4.78 is 12.6. The van der Waals surface area contributed by atoms with Crippen LogP contribution in [0.1, 0.15) is 40.2 Å². The van der Waals surface area contributed by atoms with Crippen LogP contribution in [0, 0.1) is 0 Å². The normalized spacial score (nSPS) is 14.4. The van der Waals surface area contributed by atoms with Gasteiger partial charge in [0.25, 0.3) is 5.91 Å². The van der Waals surface area contributed by atoms with Crippen LogP contribution in [0.2, 0.25) is 0 Å². The number of fused-ring (bicyclic) bond motifs is 2. The lowest BCUT2D eigenvalue weighted by atomic mass is 9.96. The lowest BCUT2D eigenvalue weighted by molar-refractivity contribution is -0.133. The van der Waals surface area contributed by atoms with Crippen LogP contribution in [0.15, 0.2) is 30.3 Å². The fraction of sp³-hybridized carbons (Fsp3) is 0.400. The Morgan fingerprint density at radius 1 is 1.09 bits per heavy atom. The number of aryl methyl sites for hydroxylation is 1. The summed E-state index contributed by atoms with van der Waals surface area (Å²) in [7, 11) is 3.13. The van der Waals surface area contributed by atoms with Gasteiger partial charge < -0.3 is 24.3 Å². The number of ether oxygens (including phenoxy) is 2. The number of pyridine rings is 1. The van der Waals surface area contributed by atoms with E-state index in [1.165, 1.54) is 0 Å². The van der Waals surface area contributed by atoms with E-state index in [9.17, 15) is 9.59 Å². The molecule has 182 valence electrons. The van der Waals surface area contributed by atoms with Crippen molar-refractivity contribution in [2.24, 2.45) is 0 Å². The standard InChI is InChI=1S/C25H28N6O4/c1-34-12-9-23(32)30-11-8-16-14-20(35-2)18(13-17(16)15-30)25(33)27-21-6-3-5-19(26-21)24-29-28-22-7-4-10-31(22)24/h3,5-6,13-14H,4,7-12,15H2,1-2H3,(H,26,27,33). The van der Waals surface area contributed by atoms with Gasteiger partial charge in [0.05, 0.1) is 25.7 Å². The predicted molar refractivity (Wildman–Crippen MR) is 128 cm³/mol. The van der Waals surface area contributed by atoms with Crippen molar-refractivity contribution in [3.8, 4) is 17.3 Å². The van der Waals surface area contributed by atoms with E-state index in [1.54, 1.807) is 25.2 Å². The molecule has 0 unspecified atom stereocenters. The maximum Gasteiger partial charge on any atom is 0.260 e. The number of amides is 2. The third-order valence-corrected chi connectivity index (χ3v) is 6.48. The summed E-state index contributed by atoms with van der Waals surface area (Å²) in [5.74, 6) is 2.29. The molecule has 35 heavy (non-hydrogen) atoms. The molecule has 0 fully saturated rings. The smallest absolute Gasteiger partial charge is 0.260 e. The molecule has 0 radical (unpaired) electrons. The van der Waals surface area contributed by atoms with E-state index in [4.69, 9.17) is 9.47 Å². The molecule has 1 N–H and O–H groups in total. The van der Waals surface area contributed by atoms with Gasteiger partial charge in [-0.1, -0.05) is 6.07 Å². The van der Waals surface area contributed by atoms with Crippen LogP contribution in [-0.4, -0.2) is 63.8 Å². The van der Waals surface area contributed by atoms with Crippen LogP contribution in [-0.2, 0) is 35.5 Å². The van der Waals surface area contributed by atoms with Crippen LogP contribution in [0.5, 0.6) is 5.75 Å². The van der Waals surface area contributed by atoms with Gasteiger partial charge >= 0.3 is 0 Å². The average Bonchev–Trinajstić information content (AvgIpc) is 3.50. The molecule has 4 heterocycles. The summed E-state index contributed by atoms with van der Waals surface area (Å²) >= 11 is 0. The quantitative estimate of drug-likeness (QED) is 0.558. The van der Waals surface area contributed by atoms with Crippen LogP contribution in [0.25, 0.3) is 11.5 Å². The molecule has 0 aliphatic carbocycles. The zero-order chi connectivity index (χ0) is 24.4. The summed E-state index contributed by atoms with van der Waals surface area (Å²) in [6, 6.07) is 9.14. The molecule has 10 nitrogen and oxygen atoms in total. The van der Waals surface area contributed by atoms with Crippen molar-refractivity contribution in [3.05, 3.63) is 52.8 Å². The molecule has 2 aromatic heterocycles. The molecule has 5 rings (SSSR count). The summed E-state index contributed by atoms with van der Waals surface area (Å²) in [5.41, 5.74) is 3.07. The van der Waals surface area contributed by atoms with Crippen molar-refractivity contribution < 1.29 is 19.1 Å². The predicted octanol–water partition coefficient (Wildman–Crippen LogP) is 2.47. The molecular formula is C25H28N6O4. The van der Waals surface area contributed by atoms with Gasteiger partial charge in [-0.05, 0) is 48.2 Å². The van der Waals surface area contributed by atoms with Crippen molar-refractivity contribution in [2.45, 2.75) is 38.8 Å². The molecule has 2 aliphatic heterocycles. The van der Waals surface area contributed by atoms with E-state index >= 15 is 0 Å². The van der Waals surface area contributed by atoms with E-state index in [0.29, 0.717) is 61.2 Å². The average molecular weight is 477 g/mol. The van der Waals surface area contributed by atoms with Gasteiger partial charge in [-0.3, -0.25) is 9.59 Å². The molecule has 0 saturated heterocycles. The lowest BCUT2D eigenvalue weighted by Crippen LogP contribution is -2.36. The van der Waals surface area contributed by atoms with Crippen molar-refractivity contribution in [1.29, 1.82) is 0 Å². The SMILES string of the molecule is COCCC(=O)N1CCc2cc(OC)c(C(=O)Nc3cccc(-c4nnc5n4CCC5)n3)cc2C1. The maximum absolute atomic E-state index is 13.3. The highest BCUT2D eigenvalue weighted by Crippen LogP contribution is 2.29. The lowest BCUT2D eigenvalue weighted by Gasteiger charge is -2.29. The van der Waals surface area contributed by atoms with Crippen molar-refractivity contribution in [1.82, 2.24) is 24.6 Å². The van der Waals surface area contributed by atoms with E-state index in [1.807, 2.05) is 24.3 Å². The topological polar surface area (TPSA) is 111 Å². The second kappa shape index (κ2) is 9.83. The first kappa shape index (κ1) is 23.0. The molecule has 2 aliphatic rings. The molecule has 0 spiro atoms. The number of rotatable bonds is 7. The summed E-state index contributed by atoms with van der Waals surface area (Å²) in [6.45, 7) is 2.34. The van der Waals surface area contributed by atoms with Crippen LogP contribution in [0.4, 0.5) is 5.82 Å². The first-order valence-corrected chi connectivity index (χ1v) is 11.7. The van der Waals surface area contributed by atoms with E-state index in [0.717, 1.165) is 36.3 Å². The Balaban J connectivity index is 1.37. The number of anilines is 1. The Kier molecular flexibility index (Phi) is 6.45. The molecule has 3 aromatic rings. The highest BCUT2D eigenvalue weighted by molar-refractivity contribution is 6.06. The number of carbonyl (C=O) groups is 2. The monoisotopic (exact) mass is 476 g/mol. The summed E-state index contributed by atoms with van der Waals surface area (Å²) in [4.78, 5) is 32.1. The van der Waals surface area contributed by atoms with Gasteiger partial charge in [0.1, 0.15) is 23.1 Å². The fourth-order valence-electron chi connectivity index (χ4n) is 4.65. The van der Waals surface area contributed by atoms with E-state index < -0.39 is 0 Å². The van der Waals surface area contributed by atoms with Crippen LogP contribution in [0.3, 0.4) is 0 Å². The number of aromatic nitrogens is 4. The molecule has 1 aromatic carbocycles. The molecule has 0 atom stereocenters. The van der Waals surface area contributed by atoms with Gasteiger partial charge in [-0.15, -0.1) is 10.2 Å². The maximum atomic E-state index is 13.3. The van der Waals surface area contributed by atoms with Crippen molar-refractivity contribution >= 4 is 17.6 Å². The summed E-state index contributed by atoms with van der Waals surface area (Å²) in [5, 5.41) is 11.4. The van der Waals surface area contributed by atoms with Gasteiger partial charge in [-0.25, -0.2) is 4.98 Å². The molecule has 0 bridgehead atoms. The third kappa shape index (κ3) is 4.61. The number of hydrogen-bond acceptors (Lipinski definition) is 7. The Labute approximate surface area is 203 Å². The zero-order valence-corrected chi connectivity index (χ0v) is 19.9. The highest BCUT2D eigenvalue weighted by atomic mass is 16.5. The summed E-state index contributed by atoms with van der Waals surface area (Å²) in [6.07, 6.45) is 3.00. The van der Waals surface area contributed by atoms with Crippen LogP contribution >= 0.6 is 0 Å². The number of nitrogens with zero attached hydrogens (tertiary/aromatic N) is 5. The Bertz CT molecular complexity index is 1270. The van der Waals surface area contributed by atoms with E-state index in [-0.39, 0.29) is 11.8 Å². The zero-order valence-electron chi connectivity index (χ0n) is 19.9. The minimum atomic E-state index is -0.330. The molecule has 2 amide bonds. The Morgan fingerprint density at radius 3 is 2.80 bits per heavy atom. The molecule has 10 heteroatoms. The van der Waals surface area contributed by atoms with Gasteiger partial charge in [0, 0.05) is 33.2 Å². The van der Waals surface area contributed by atoms with Crippen LogP contribution < -0.4 is 10.1 Å². The highest BCUT2D eigenvalue weighted by Gasteiger charge is 2.25. The van der Waals surface area contributed by atoms with Crippen molar-refractivity contribution in [3.63, 3.8) is 0 Å². The number of benzene rings is 1. The largest absolute Gasteiger partial charge is 0.496 e. The molecule has 0 saturated carbocycles. The minimum Gasteiger partial charge on any atom is -0.496 e. The number of hydrogen-bond donors (Lipinski definition) is 1. The first-order valence-electron chi connectivity index (χ1n) is 11.7. The van der Waals surface area contributed by atoms with E-state index in [2.05, 4.69) is 25.1 Å². The first-order chi connectivity index (χ1) is 17.1. The number of methoxy groups -OCH3 is 2. The fourth-order valence-corrected chi connectivity index (χ4v) is 4.65. The molecular weight excluding hydrogens is 448 g/mol. The Morgan fingerprint density at radius 2 is 1.97 bits per heavy atom. The van der Waals surface area contributed by atoms with Gasteiger partial charge in [0.15, 0.2) is 5.82 Å². The third-order valence-electron chi connectivity index (χ3n) is 6.48. The van der Waals surface area contributed by atoms with Gasteiger partial charge in [-0.2, -0.15) is 0 Å². The van der Waals surface area contributed by atoms with Gasteiger partial charge in [0.2, 0.25) is 5.91 Å². The number of nitrogens with one attached hydrogen (secondary N) is 1. The minimum absolute atomic E-state index is 0.0419.